The average molecular weight is 256 g/mol. The van der Waals surface area contributed by atoms with E-state index in [4.69, 9.17) is 5.73 Å². The highest BCUT2D eigenvalue weighted by atomic mass is 15.1. The summed E-state index contributed by atoms with van der Waals surface area (Å²) in [5.41, 5.74) is 6.78. The van der Waals surface area contributed by atoms with Crippen LogP contribution in [0.25, 0.3) is 10.8 Å². The first kappa shape index (κ1) is 13.3. The van der Waals surface area contributed by atoms with Crippen molar-refractivity contribution in [2.75, 3.05) is 6.54 Å². The molecule has 4 heteroatoms. The molecule has 0 saturated carbocycles. The molecular formula is C15H20N4. The number of hydrogen-bond acceptors (Lipinski definition) is 2. The molecule has 2 aromatic rings. The van der Waals surface area contributed by atoms with Crippen LogP contribution in [0.15, 0.2) is 41.5 Å². The molecule has 0 atom stereocenters. The molecule has 19 heavy (non-hydrogen) atoms. The summed E-state index contributed by atoms with van der Waals surface area (Å²) in [5.74, 6) is 1.02. The first-order valence-corrected chi connectivity index (χ1v) is 6.53. The lowest BCUT2D eigenvalue weighted by molar-refractivity contribution is 0.621. The second-order valence-electron chi connectivity index (χ2n) is 4.95. The lowest BCUT2D eigenvalue weighted by Crippen LogP contribution is -2.34. The number of nitrogens with two attached hydrogens (primary N) is 1. The summed E-state index contributed by atoms with van der Waals surface area (Å²) in [6.07, 6.45) is 1.81. The van der Waals surface area contributed by atoms with Crippen molar-refractivity contribution < 1.29 is 0 Å². The largest absolute Gasteiger partial charge is 0.370 e. The van der Waals surface area contributed by atoms with Crippen LogP contribution in [-0.4, -0.2) is 17.5 Å². The molecule has 0 saturated heterocycles. The van der Waals surface area contributed by atoms with E-state index >= 15 is 0 Å². The summed E-state index contributed by atoms with van der Waals surface area (Å²) in [6.45, 7) is 5.59. The third-order valence-corrected chi connectivity index (χ3v) is 2.85. The maximum atomic E-state index is 5.83. The summed E-state index contributed by atoms with van der Waals surface area (Å²) in [7, 11) is 0. The smallest absolute Gasteiger partial charge is 0.188 e. The molecule has 0 bridgehead atoms. The zero-order chi connectivity index (χ0) is 13.7. The van der Waals surface area contributed by atoms with E-state index in [2.05, 4.69) is 41.3 Å². The summed E-state index contributed by atoms with van der Waals surface area (Å²) >= 11 is 0. The van der Waals surface area contributed by atoms with Gasteiger partial charge in [0.25, 0.3) is 0 Å². The molecule has 1 aromatic carbocycles. The predicted octanol–water partition coefficient (Wildman–Crippen LogP) is 2.30. The Kier molecular flexibility index (Phi) is 4.34. The molecule has 4 nitrogen and oxygen atoms in total. The zero-order valence-corrected chi connectivity index (χ0v) is 11.4. The number of pyridine rings is 1. The number of rotatable bonds is 4. The zero-order valence-electron chi connectivity index (χ0n) is 11.4. The molecular weight excluding hydrogens is 236 g/mol. The fourth-order valence-electron chi connectivity index (χ4n) is 1.83. The molecule has 1 heterocycles. The van der Waals surface area contributed by atoms with Crippen molar-refractivity contribution in [2.45, 2.75) is 20.4 Å². The minimum atomic E-state index is 0.475. The number of nitrogens with zero attached hydrogens (tertiary/aromatic N) is 2. The Labute approximate surface area is 113 Å². The maximum Gasteiger partial charge on any atom is 0.188 e. The van der Waals surface area contributed by atoms with Gasteiger partial charge in [0.2, 0.25) is 0 Å². The van der Waals surface area contributed by atoms with Crippen LogP contribution in [0.1, 0.15) is 19.5 Å². The minimum absolute atomic E-state index is 0.475. The summed E-state index contributed by atoms with van der Waals surface area (Å²) in [4.78, 5) is 8.72. The SMILES string of the molecule is CC(C)CNC(N)=NCc1nccc2ccccc12. The monoisotopic (exact) mass is 256 g/mol. The third kappa shape index (κ3) is 3.68. The Morgan fingerprint density at radius 3 is 2.89 bits per heavy atom. The number of guanidine groups is 1. The molecule has 0 fully saturated rings. The molecule has 2 rings (SSSR count). The summed E-state index contributed by atoms with van der Waals surface area (Å²) < 4.78 is 0. The van der Waals surface area contributed by atoms with Gasteiger partial charge in [-0.25, -0.2) is 4.99 Å². The van der Waals surface area contributed by atoms with Gasteiger partial charge in [0.1, 0.15) is 0 Å². The van der Waals surface area contributed by atoms with Crippen molar-refractivity contribution in [1.29, 1.82) is 0 Å². The van der Waals surface area contributed by atoms with Gasteiger partial charge >= 0.3 is 0 Å². The van der Waals surface area contributed by atoms with Crippen molar-refractivity contribution in [3.05, 3.63) is 42.2 Å². The van der Waals surface area contributed by atoms with Gasteiger partial charge in [-0.1, -0.05) is 38.1 Å². The quantitative estimate of drug-likeness (QED) is 0.651. The van der Waals surface area contributed by atoms with Crippen LogP contribution in [-0.2, 0) is 6.54 Å². The van der Waals surface area contributed by atoms with Crippen molar-refractivity contribution in [2.24, 2.45) is 16.6 Å². The molecule has 0 aliphatic carbocycles. The number of benzene rings is 1. The molecule has 0 aliphatic heterocycles. The molecule has 0 spiro atoms. The molecule has 100 valence electrons. The number of nitrogens with one attached hydrogen (secondary N) is 1. The summed E-state index contributed by atoms with van der Waals surface area (Å²) in [5, 5.41) is 5.41. The van der Waals surface area contributed by atoms with Gasteiger partial charge < -0.3 is 11.1 Å². The normalized spacial score (nSPS) is 12.1. The second-order valence-corrected chi connectivity index (χ2v) is 4.95. The number of hydrogen-bond donors (Lipinski definition) is 2. The Hall–Kier alpha value is -2.10. The highest BCUT2D eigenvalue weighted by molar-refractivity contribution is 5.84. The molecule has 0 radical (unpaired) electrons. The van der Waals surface area contributed by atoms with Gasteiger partial charge in [0.05, 0.1) is 12.2 Å². The van der Waals surface area contributed by atoms with Crippen molar-refractivity contribution in [1.82, 2.24) is 10.3 Å². The fourth-order valence-corrected chi connectivity index (χ4v) is 1.83. The van der Waals surface area contributed by atoms with E-state index in [1.54, 1.807) is 0 Å². The standard InChI is InChI=1S/C15H20N4/c1-11(2)9-18-15(16)19-10-14-13-6-4-3-5-12(13)7-8-17-14/h3-8,11H,9-10H2,1-2H3,(H3,16,18,19). The van der Waals surface area contributed by atoms with Gasteiger partial charge in [-0.05, 0) is 17.4 Å². The van der Waals surface area contributed by atoms with E-state index in [1.165, 1.54) is 5.39 Å². The van der Waals surface area contributed by atoms with Gasteiger partial charge in [0.15, 0.2) is 5.96 Å². The van der Waals surface area contributed by atoms with E-state index in [0.29, 0.717) is 18.4 Å². The average Bonchev–Trinajstić information content (AvgIpc) is 2.42. The molecule has 1 aromatic heterocycles. The van der Waals surface area contributed by atoms with Gasteiger partial charge in [-0.3, -0.25) is 4.98 Å². The van der Waals surface area contributed by atoms with Gasteiger partial charge in [0, 0.05) is 18.1 Å². The van der Waals surface area contributed by atoms with Crippen molar-refractivity contribution in [3.63, 3.8) is 0 Å². The Morgan fingerprint density at radius 1 is 1.32 bits per heavy atom. The maximum absolute atomic E-state index is 5.83. The van der Waals surface area contributed by atoms with Crippen LogP contribution in [0.5, 0.6) is 0 Å². The van der Waals surface area contributed by atoms with Crippen molar-refractivity contribution in [3.8, 4) is 0 Å². The van der Waals surface area contributed by atoms with E-state index in [9.17, 15) is 0 Å². The van der Waals surface area contributed by atoms with Crippen LogP contribution in [0.4, 0.5) is 0 Å². The Balaban J connectivity index is 2.11. The highest BCUT2D eigenvalue weighted by Gasteiger charge is 2.01. The van der Waals surface area contributed by atoms with E-state index in [0.717, 1.165) is 17.6 Å². The van der Waals surface area contributed by atoms with Crippen LogP contribution in [0, 0.1) is 5.92 Å². The topological polar surface area (TPSA) is 63.3 Å². The molecule has 0 aliphatic rings. The van der Waals surface area contributed by atoms with Crippen LogP contribution < -0.4 is 11.1 Å². The summed E-state index contributed by atoms with van der Waals surface area (Å²) in [6, 6.07) is 10.2. The molecule has 0 unspecified atom stereocenters. The van der Waals surface area contributed by atoms with E-state index in [-0.39, 0.29) is 0 Å². The Morgan fingerprint density at radius 2 is 2.11 bits per heavy atom. The minimum Gasteiger partial charge on any atom is -0.370 e. The fraction of sp³-hybridized carbons (Fsp3) is 0.333. The van der Waals surface area contributed by atoms with Crippen molar-refractivity contribution >= 4 is 16.7 Å². The second kappa shape index (κ2) is 6.18. The van der Waals surface area contributed by atoms with Crippen LogP contribution in [0.2, 0.25) is 0 Å². The highest BCUT2D eigenvalue weighted by Crippen LogP contribution is 2.16. The lowest BCUT2D eigenvalue weighted by Gasteiger charge is -2.08. The first-order chi connectivity index (χ1) is 9.16. The lowest BCUT2D eigenvalue weighted by atomic mass is 10.1. The van der Waals surface area contributed by atoms with Gasteiger partial charge in [-0.2, -0.15) is 0 Å². The number of fused-ring (bicyclic) bond motifs is 1. The van der Waals surface area contributed by atoms with E-state index in [1.807, 2.05) is 24.4 Å². The van der Waals surface area contributed by atoms with E-state index < -0.39 is 0 Å². The molecule has 3 N–H and O–H groups in total. The Bertz CT molecular complexity index is 570. The third-order valence-electron chi connectivity index (χ3n) is 2.85. The molecule has 0 amide bonds. The number of aromatic nitrogens is 1. The van der Waals surface area contributed by atoms with Gasteiger partial charge in [-0.15, -0.1) is 0 Å². The number of aliphatic imine (C=N–C) groups is 1. The predicted molar refractivity (Wildman–Crippen MR) is 79.9 cm³/mol. The first-order valence-electron chi connectivity index (χ1n) is 6.53. The van der Waals surface area contributed by atoms with Crippen LogP contribution >= 0.6 is 0 Å². The van der Waals surface area contributed by atoms with Crippen LogP contribution in [0.3, 0.4) is 0 Å².